The van der Waals surface area contributed by atoms with Crippen LogP contribution in [0.3, 0.4) is 0 Å². The number of hydrogen-bond donors (Lipinski definition) is 0. The van der Waals surface area contributed by atoms with Crippen LogP contribution in [-0.2, 0) is 34.5 Å². The molecule has 0 spiro atoms. The summed E-state index contributed by atoms with van der Waals surface area (Å²) in [5.74, 6) is 0.624. The average Bonchev–Trinajstić information content (AvgIpc) is 3.61. The fourth-order valence-electron chi connectivity index (χ4n) is 4.81. The highest BCUT2D eigenvalue weighted by atomic mass is 32.2. The second-order valence-corrected chi connectivity index (χ2v) is 12.1. The van der Waals surface area contributed by atoms with Crippen molar-refractivity contribution in [3.05, 3.63) is 84.2 Å². The molecule has 4 heterocycles. The summed E-state index contributed by atoms with van der Waals surface area (Å²) in [5, 5.41) is 8.32. The first-order valence-electron chi connectivity index (χ1n) is 13.0. The van der Waals surface area contributed by atoms with Crippen molar-refractivity contribution in [3.8, 4) is 17.0 Å². The standard InChI is InChI=1S/C28H32N6O5S/c1-20(2)27-28(35)32(17-24-18-33(31-30-24)19-25-5-4-13-39-25)12-14-40(36,37)34(27)16-21-6-8-22(9-7-21)23-10-11-26(38-3)29-15-23/h4-11,13,15,18,20,27H,12,14,16-17,19H2,1-3H3. The Hall–Kier alpha value is -4.03. The van der Waals surface area contributed by atoms with Gasteiger partial charge in [0.1, 0.15) is 24.0 Å². The molecule has 4 aromatic rings. The Bertz CT molecular complexity index is 1530. The van der Waals surface area contributed by atoms with Crippen molar-refractivity contribution in [1.29, 1.82) is 0 Å². The lowest BCUT2D eigenvalue weighted by Crippen LogP contribution is -2.49. The molecule has 1 fully saturated rings. The van der Waals surface area contributed by atoms with Crippen molar-refractivity contribution in [2.45, 2.75) is 39.5 Å². The van der Waals surface area contributed by atoms with E-state index in [2.05, 4.69) is 15.3 Å². The number of hydrogen-bond acceptors (Lipinski definition) is 8. The van der Waals surface area contributed by atoms with Crippen LogP contribution in [-0.4, -0.2) is 69.0 Å². The van der Waals surface area contributed by atoms with E-state index >= 15 is 0 Å². The number of amides is 1. The number of benzene rings is 1. The molecule has 12 heteroatoms. The van der Waals surface area contributed by atoms with Crippen LogP contribution in [0.25, 0.3) is 11.1 Å². The van der Waals surface area contributed by atoms with Crippen LogP contribution in [0.5, 0.6) is 5.88 Å². The Morgan fingerprint density at radius 1 is 1.05 bits per heavy atom. The van der Waals surface area contributed by atoms with Gasteiger partial charge in [0.25, 0.3) is 0 Å². The Balaban J connectivity index is 1.33. The number of carbonyl (C=O) groups is 1. The highest BCUT2D eigenvalue weighted by molar-refractivity contribution is 7.89. The first kappa shape index (κ1) is 27.5. The van der Waals surface area contributed by atoms with Gasteiger partial charge in [-0.25, -0.2) is 18.1 Å². The third-order valence-corrected chi connectivity index (χ3v) is 8.66. The van der Waals surface area contributed by atoms with Gasteiger partial charge < -0.3 is 14.1 Å². The quantitative estimate of drug-likeness (QED) is 0.304. The lowest BCUT2D eigenvalue weighted by Gasteiger charge is -2.32. The fourth-order valence-corrected chi connectivity index (χ4v) is 6.52. The second kappa shape index (κ2) is 11.6. The van der Waals surface area contributed by atoms with E-state index in [1.54, 1.807) is 47.5 Å². The number of rotatable bonds is 9. The SMILES string of the molecule is COc1ccc(-c2ccc(CN3C(C(C)C)C(=O)N(Cc4cn(Cc5ccco5)nn4)CCS3(=O)=O)cc2)cn1. The summed E-state index contributed by atoms with van der Waals surface area (Å²) in [7, 11) is -2.15. The molecule has 0 radical (unpaired) electrons. The van der Waals surface area contributed by atoms with E-state index in [1.165, 1.54) is 4.31 Å². The molecule has 3 aromatic heterocycles. The van der Waals surface area contributed by atoms with E-state index in [-0.39, 0.29) is 37.2 Å². The summed E-state index contributed by atoms with van der Waals surface area (Å²) in [6.07, 6.45) is 5.07. The summed E-state index contributed by atoms with van der Waals surface area (Å²) < 4.78 is 40.4. The molecule has 11 nitrogen and oxygen atoms in total. The third kappa shape index (κ3) is 6.07. The third-order valence-electron chi connectivity index (χ3n) is 6.89. The Kier molecular flexibility index (Phi) is 7.99. The molecule has 5 rings (SSSR count). The van der Waals surface area contributed by atoms with E-state index < -0.39 is 16.1 Å². The predicted molar refractivity (Wildman–Crippen MR) is 147 cm³/mol. The second-order valence-electron chi connectivity index (χ2n) is 10.1. The van der Waals surface area contributed by atoms with E-state index in [9.17, 15) is 13.2 Å². The lowest BCUT2D eigenvalue weighted by atomic mass is 10.0. The first-order valence-corrected chi connectivity index (χ1v) is 14.6. The number of sulfonamides is 1. The summed E-state index contributed by atoms with van der Waals surface area (Å²) in [4.78, 5) is 19.6. The van der Waals surface area contributed by atoms with Gasteiger partial charge in [-0.2, -0.15) is 4.31 Å². The number of aromatic nitrogens is 4. The minimum atomic E-state index is -3.72. The number of carbonyl (C=O) groups excluding carboxylic acids is 1. The van der Waals surface area contributed by atoms with E-state index in [0.29, 0.717) is 18.1 Å². The number of pyridine rings is 1. The van der Waals surface area contributed by atoms with Crippen LogP contribution in [0.4, 0.5) is 0 Å². The molecule has 0 saturated carbocycles. The zero-order valence-corrected chi connectivity index (χ0v) is 23.5. The maximum Gasteiger partial charge on any atom is 0.241 e. The van der Waals surface area contributed by atoms with Crippen molar-refractivity contribution in [3.63, 3.8) is 0 Å². The number of methoxy groups -OCH3 is 1. The molecular weight excluding hydrogens is 532 g/mol. The largest absolute Gasteiger partial charge is 0.481 e. The summed E-state index contributed by atoms with van der Waals surface area (Å²) in [6, 6.07) is 14.1. The van der Waals surface area contributed by atoms with Crippen LogP contribution >= 0.6 is 0 Å². The van der Waals surface area contributed by atoms with Crippen LogP contribution < -0.4 is 4.74 Å². The van der Waals surface area contributed by atoms with Crippen LogP contribution in [0, 0.1) is 5.92 Å². The van der Waals surface area contributed by atoms with E-state index in [1.807, 2.05) is 50.2 Å². The van der Waals surface area contributed by atoms with Crippen molar-refractivity contribution in [1.82, 2.24) is 29.2 Å². The minimum absolute atomic E-state index is 0.0787. The average molecular weight is 565 g/mol. The lowest BCUT2D eigenvalue weighted by molar-refractivity contribution is -0.136. The summed E-state index contributed by atoms with van der Waals surface area (Å²) in [6.45, 7) is 4.51. The van der Waals surface area contributed by atoms with Crippen molar-refractivity contribution in [2.75, 3.05) is 19.4 Å². The predicted octanol–water partition coefficient (Wildman–Crippen LogP) is 3.19. The molecule has 1 saturated heterocycles. The normalized spacial score (nSPS) is 17.8. The molecule has 210 valence electrons. The van der Waals surface area contributed by atoms with Crippen LogP contribution in [0.2, 0.25) is 0 Å². The molecule has 0 N–H and O–H groups in total. The Morgan fingerprint density at radius 2 is 1.82 bits per heavy atom. The van der Waals surface area contributed by atoms with Gasteiger partial charge in [-0.1, -0.05) is 43.3 Å². The van der Waals surface area contributed by atoms with Gasteiger partial charge in [0.15, 0.2) is 0 Å². The van der Waals surface area contributed by atoms with Gasteiger partial charge in [-0.3, -0.25) is 4.79 Å². The number of ether oxygens (including phenoxy) is 1. The maximum absolute atomic E-state index is 13.8. The molecule has 1 aliphatic heterocycles. The van der Waals surface area contributed by atoms with Gasteiger partial charge in [0, 0.05) is 30.9 Å². The van der Waals surface area contributed by atoms with Crippen molar-refractivity contribution in [2.24, 2.45) is 5.92 Å². The smallest absolute Gasteiger partial charge is 0.241 e. The molecular formula is C28H32N6O5S. The van der Waals surface area contributed by atoms with E-state index in [0.717, 1.165) is 22.5 Å². The molecule has 40 heavy (non-hydrogen) atoms. The zero-order chi connectivity index (χ0) is 28.3. The number of nitrogens with zero attached hydrogens (tertiary/aromatic N) is 6. The first-order chi connectivity index (χ1) is 19.2. The topological polar surface area (TPSA) is 124 Å². The van der Waals surface area contributed by atoms with Gasteiger partial charge in [-0.15, -0.1) is 5.10 Å². The monoisotopic (exact) mass is 564 g/mol. The molecule has 1 amide bonds. The fraction of sp³-hybridized carbons (Fsp3) is 0.357. The Morgan fingerprint density at radius 3 is 2.48 bits per heavy atom. The van der Waals surface area contributed by atoms with Crippen molar-refractivity contribution >= 4 is 15.9 Å². The molecule has 1 aliphatic rings. The van der Waals surface area contributed by atoms with Gasteiger partial charge in [0.05, 0.1) is 31.9 Å². The van der Waals surface area contributed by atoms with Gasteiger partial charge in [-0.05, 0) is 35.2 Å². The van der Waals surface area contributed by atoms with Crippen LogP contribution in [0.15, 0.2) is 71.6 Å². The van der Waals surface area contributed by atoms with E-state index in [4.69, 9.17) is 9.15 Å². The highest BCUT2D eigenvalue weighted by Gasteiger charge is 2.42. The molecule has 1 aromatic carbocycles. The zero-order valence-electron chi connectivity index (χ0n) is 22.7. The van der Waals surface area contributed by atoms with Crippen LogP contribution in [0.1, 0.15) is 30.9 Å². The maximum atomic E-state index is 13.8. The Labute approximate surface area is 233 Å². The number of furan rings is 1. The molecule has 1 unspecified atom stereocenters. The summed E-state index contributed by atoms with van der Waals surface area (Å²) in [5.41, 5.74) is 3.24. The minimum Gasteiger partial charge on any atom is -0.481 e. The van der Waals surface area contributed by atoms with Gasteiger partial charge in [0.2, 0.25) is 21.8 Å². The molecule has 1 atom stereocenters. The van der Waals surface area contributed by atoms with Crippen molar-refractivity contribution < 1.29 is 22.4 Å². The highest BCUT2D eigenvalue weighted by Crippen LogP contribution is 2.27. The molecule has 0 bridgehead atoms. The van der Waals surface area contributed by atoms with Gasteiger partial charge >= 0.3 is 0 Å². The molecule has 0 aliphatic carbocycles. The summed E-state index contributed by atoms with van der Waals surface area (Å²) >= 11 is 0.